The molecule has 0 N–H and O–H groups in total. The van der Waals surface area contributed by atoms with Gasteiger partial charge in [-0.1, -0.05) is 60.7 Å². The lowest BCUT2D eigenvalue weighted by Crippen LogP contribution is -2.31. The highest BCUT2D eigenvalue weighted by Crippen LogP contribution is 2.33. The van der Waals surface area contributed by atoms with Crippen molar-refractivity contribution in [3.63, 3.8) is 0 Å². The van der Waals surface area contributed by atoms with E-state index in [1.165, 1.54) is 0 Å². The standard InChI is InChI=1S/C22H22N2O/c1-3-24(4-2)22(25)19-15-16-23-21(18-13-9-6-10-14-18)20(19)17-11-7-5-8-12-17/h5-16H,3-4H2,1-2H3. The van der Waals surface area contributed by atoms with Crippen LogP contribution in [0.4, 0.5) is 0 Å². The van der Waals surface area contributed by atoms with Crippen molar-refractivity contribution in [3.8, 4) is 22.4 Å². The second-order valence-corrected chi connectivity index (χ2v) is 5.79. The SMILES string of the molecule is CCN(CC)C(=O)c1ccnc(-c2ccccc2)c1-c1ccccc1. The smallest absolute Gasteiger partial charge is 0.254 e. The summed E-state index contributed by atoms with van der Waals surface area (Å²) in [6.07, 6.45) is 1.73. The van der Waals surface area contributed by atoms with Crippen LogP contribution in [0.1, 0.15) is 24.2 Å². The molecule has 2 aromatic carbocycles. The first-order valence-electron chi connectivity index (χ1n) is 8.65. The number of carbonyl (C=O) groups excluding carboxylic acids is 1. The van der Waals surface area contributed by atoms with Crippen molar-refractivity contribution in [1.29, 1.82) is 0 Å². The van der Waals surface area contributed by atoms with Gasteiger partial charge in [0.2, 0.25) is 0 Å². The molecule has 3 aromatic rings. The van der Waals surface area contributed by atoms with Crippen molar-refractivity contribution >= 4 is 5.91 Å². The van der Waals surface area contributed by atoms with Crippen molar-refractivity contribution in [2.75, 3.05) is 13.1 Å². The lowest BCUT2D eigenvalue weighted by atomic mass is 9.94. The van der Waals surface area contributed by atoms with Crippen molar-refractivity contribution < 1.29 is 4.79 Å². The van der Waals surface area contributed by atoms with Gasteiger partial charge in [0.25, 0.3) is 5.91 Å². The van der Waals surface area contributed by atoms with E-state index in [1.54, 1.807) is 6.20 Å². The molecule has 25 heavy (non-hydrogen) atoms. The minimum Gasteiger partial charge on any atom is -0.339 e. The van der Waals surface area contributed by atoms with E-state index in [1.807, 2.05) is 85.5 Å². The molecule has 0 unspecified atom stereocenters. The highest BCUT2D eigenvalue weighted by molar-refractivity contribution is 6.04. The van der Waals surface area contributed by atoms with Gasteiger partial charge in [0.05, 0.1) is 11.3 Å². The number of hydrogen-bond acceptors (Lipinski definition) is 2. The predicted molar refractivity (Wildman–Crippen MR) is 102 cm³/mol. The van der Waals surface area contributed by atoms with Crippen LogP contribution in [0.25, 0.3) is 22.4 Å². The van der Waals surface area contributed by atoms with Crippen LogP contribution in [0, 0.1) is 0 Å². The summed E-state index contributed by atoms with van der Waals surface area (Å²) >= 11 is 0. The number of benzene rings is 2. The summed E-state index contributed by atoms with van der Waals surface area (Å²) in [6, 6.07) is 21.9. The monoisotopic (exact) mass is 330 g/mol. The van der Waals surface area contributed by atoms with Crippen molar-refractivity contribution in [2.24, 2.45) is 0 Å². The van der Waals surface area contributed by atoms with E-state index in [0.29, 0.717) is 18.7 Å². The Kier molecular flexibility index (Phi) is 5.24. The summed E-state index contributed by atoms with van der Waals surface area (Å²) in [6.45, 7) is 5.38. The van der Waals surface area contributed by atoms with Gasteiger partial charge >= 0.3 is 0 Å². The summed E-state index contributed by atoms with van der Waals surface area (Å²) in [5, 5.41) is 0. The van der Waals surface area contributed by atoms with Crippen molar-refractivity contribution in [2.45, 2.75) is 13.8 Å². The van der Waals surface area contributed by atoms with Gasteiger partial charge in [-0.15, -0.1) is 0 Å². The van der Waals surface area contributed by atoms with Crippen LogP contribution in [0.3, 0.4) is 0 Å². The average molecular weight is 330 g/mol. The first-order chi connectivity index (χ1) is 12.3. The maximum Gasteiger partial charge on any atom is 0.254 e. The minimum atomic E-state index is 0.0448. The fraction of sp³-hybridized carbons (Fsp3) is 0.182. The molecule has 3 heteroatoms. The van der Waals surface area contributed by atoms with E-state index in [-0.39, 0.29) is 5.91 Å². The maximum absolute atomic E-state index is 13.1. The predicted octanol–water partition coefficient (Wildman–Crippen LogP) is 4.90. The molecule has 0 radical (unpaired) electrons. The summed E-state index contributed by atoms with van der Waals surface area (Å²) in [5.74, 6) is 0.0448. The Balaban J connectivity index is 2.24. The number of nitrogens with zero attached hydrogens (tertiary/aromatic N) is 2. The van der Waals surface area contributed by atoms with Crippen LogP contribution < -0.4 is 0 Å². The fourth-order valence-electron chi connectivity index (χ4n) is 3.03. The Hall–Kier alpha value is -2.94. The molecule has 0 aliphatic heterocycles. The molecule has 0 fully saturated rings. The van der Waals surface area contributed by atoms with Crippen molar-refractivity contribution in [1.82, 2.24) is 9.88 Å². The highest BCUT2D eigenvalue weighted by atomic mass is 16.2. The van der Waals surface area contributed by atoms with Gasteiger partial charge in [-0.05, 0) is 25.5 Å². The zero-order valence-corrected chi connectivity index (χ0v) is 14.6. The highest BCUT2D eigenvalue weighted by Gasteiger charge is 2.21. The zero-order chi connectivity index (χ0) is 17.6. The lowest BCUT2D eigenvalue weighted by Gasteiger charge is -2.21. The number of hydrogen-bond donors (Lipinski definition) is 0. The third-order valence-electron chi connectivity index (χ3n) is 4.34. The largest absolute Gasteiger partial charge is 0.339 e. The quantitative estimate of drug-likeness (QED) is 0.667. The van der Waals surface area contributed by atoms with E-state index in [2.05, 4.69) is 4.98 Å². The molecular formula is C22H22N2O. The molecule has 0 bridgehead atoms. The van der Waals surface area contributed by atoms with Crippen molar-refractivity contribution in [3.05, 3.63) is 78.5 Å². The Bertz CT molecular complexity index is 840. The normalized spacial score (nSPS) is 10.5. The molecule has 3 nitrogen and oxygen atoms in total. The van der Waals surface area contributed by atoms with Gasteiger partial charge in [-0.2, -0.15) is 0 Å². The molecule has 0 spiro atoms. The van der Waals surface area contributed by atoms with Gasteiger partial charge in [-0.25, -0.2) is 0 Å². The lowest BCUT2D eigenvalue weighted by molar-refractivity contribution is 0.0773. The number of aromatic nitrogens is 1. The maximum atomic E-state index is 13.1. The van der Waals surface area contributed by atoms with Crippen LogP contribution >= 0.6 is 0 Å². The van der Waals surface area contributed by atoms with Crippen LogP contribution in [-0.4, -0.2) is 28.9 Å². The molecule has 0 aliphatic rings. The van der Waals surface area contributed by atoms with Gasteiger partial charge in [0.15, 0.2) is 0 Å². The number of rotatable bonds is 5. The Morgan fingerprint density at radius 1 is 0.840 bits per heavy atom. The molecule has 1 heterocycles. The summed E-state index contributed by atoms with van der Waals surface area (Å²) < 4.78 is 0. The van der Waals surface area contributed by atoms with E-state index in [9.17, 15) is 4.79 Å². The zero-order valence-electron chi connectivity index (χ0n) is 14.6. The number of pyridine rings is 1. The first kappa shape index (κ1) is 16.9. The van der Waals surface area contributed by atoms with Crippen LogP contribution in [0.5, 0.6) is 0 Å². The third kappa shape index (κ3) is 3.45. The van der Waals surface area contributed by atoms with E-state index < -0.39 is 0 Å². The molecule has 0 aliphatic carbocycles. The summed E-state index contributed by atoms with van der Waals surface area (Å²) in [5.41, 5.74) is 4.44. The van der Waals surface area contributed by atoms with E-state index >= 15 is 0 Å². The first-order valence-corrected chi connectivity index (χ1v) is 8.65. The number of amides is 1. The summed E-state index contributed by atoms with van der Waals surface area (Å²) in [7, 11) is 0. The minimum absolute atomic E-state index is 0.0448. The molecule has 1 aromatic heterocycles. The van der Waals surface area contributed by atoms with Crippen LogP contribution in [0.2, 0.25) is 0 Å². The Labute approximate surface area is 149 Å². The van der Waals surface area contributed by atoms with Gasteiger partial charge < -0.3 is 4.90 Å². The van der Waals surface area contributed by atoms with Crippen LogP contribution in [0.15, 0.2) is 72.9 Å². The molecule has 3 rings (SSSR count). The van der Waals surface area contributed by atoms with E-state index in [0.717, 1.165) is 22.4 Å². The Morgan fingerprint density at radius 3 is 1.96 bits per heavy atom. The second kappa shape index (κ2) is 7.75. The fourth-order valence-corrected chi connectivity index (χ4v) is 3.03. The topological polar surface area (TPSA) is 33.2 Å². The van der Waals surface area contributed by atoms with E-state index in [4.69, 9.17) is 0 Å². The molecular weight excluding hydrogens is 308 g/mol. The van der Waals surface area contributed by atoms with Gasteiger partial charge in [0.1, 0.15) is 0 Å². The second-order valence-electron chi connectivity index (χ2n) is 5.79. The van der Waals surface area contributed by atoms with Crippen LogP contribution in [-0.2, 0) is 0 Å². The van der Waals surface area contributed by atoms with Gasteiger partial charge in [-0.3, -0.25) is 9.78 Å². The molecule has 0 saturated heterocycles. The number of carbonyl (C=O) groups is 1. The average Bonchev–Trinajstić information content (AvgIpc) is 2.69. The molecule has 126 valence electrons. The Morgan fingerprint density at radius 2 is 1.40 bits per heavy atom. The molecule has 0 atom stereocenters. The molecule has 0 saturated carbocycles. The molecule has 1 amide bonds. The summed E-state index contributed by atoms with van der Waals surface area (Å²) in [4.78, 5) is 19.5. The third-order valence-corrected chi connectivity index (χ3v) is 4.34. The van der Waals surface area contributed by atoms with Gasteiger partial charge in [0, 0.05) is 30.4 Å².